The molecule has 0 amide bonds. The molecule has 210 valence electrons. The molecule has 2 nitrogen and oxygen atoms in total. The van der Waals surface area contributed by atoms with Crippen molar-refractivity contribution in [3.8, 4) is 22.3 Å². The van der Waals surface area contributed by atoms with Crippen LogP contribution in [0.25, 0.3) is 66.1 Å². The Morgan fingerprint density at radius 2 is 1.00 bits per heavy atom. The molecule has 0 aliphatic heterocycles. The van der Waals surface area contributed by atoms with Gasteiger partial charge in [0.1, 0.15) is 22.3 Å². The first kappa shape index (κ1) is 24.6. The van der Waals surface area contributed by atoms with Gasteiger partial charge in [-0.1, -0.05) is 127 Å². The predicted molar refractivity (Wildman–Crippen MR) is 184 cm³/mol. The third-order valence-corrected chi connectivity index (χ3v) is 9.77. The van der Waals surface area contributed by atoms with E-state index >= 15 is 0 Å². The van der Waals surface area contributed by atoms with Gasteiger partial charge in [-0.15, -0.1) is 0 Å². The Bertz CT molecular complexity index is 2550. The quantitative estimate of drug-likeness (QED) is 0.210. The fourth-order valence-corrected chi connectivity index (χ4v) is 7.85. The molecule has 0 fully saturated rings. The van der Waals surface area contributed by atoms with Crippen molar-refractivity contribution in [1.82, 2.24) is 0 Å². The Balaban J connectivity index is 1.25. The SMILES string of the molecule is c1ccc(C2(c3ccccc3)c3ccccc3-c3cc4c(cc32)oc2c(-c3ccc5c(c3)oc3ccccc35)cccc24)cc1. The standard InChI is InChI=1S/C43H26O2/c1-3-12-28(13-4-1)43(29-14-5-2-6-15-29)37-20-9-7-16-31(37)35-25-36-34-19-11-18-30(42(34)45-41(36)26-38(35)43)27-22-23-33-32-17-8-10-21-39(32)44-40(33)24-27/h1-26H. The Morgan fingerprint density at radius 1 is 0.356 bits per heavy atom. The van der Waals surface area contributed by atoms with E-state index in [-0.39, 0.29) is 0 Å². The Labute approximate surface area is 259 Å². The molecule has 0 atom stereocenters. The summed E-state index contributed by atoms with van der Waals surface area (Å²) in [6, 6.07) is 56.5. The summed E-state index contributed by atoms with van der Waals surface area (Å²) in [4.78, 5) is 0. The summed E-state index contributed by atoms with van der Waals surface area (Å²) in [5.74, 6) is 0. The molecule has 7 aromatic carbocycles. The van der Waals surface area contributed by atoms with Gasteiger partial charge in [0.2, 0.25) is 0 Å². The largest absolute Gasteiger partial charge is 0.456 e. The molecular weight excluding hydrogens is 548 g/mol. The summed E-state index contributed by atoms with van der Waals surface area (Å²) < 4.78 is 13.1. The predicted octanol–water partition coefficient (Wildman–Crippen LogP) is 11.5. The van der Waals surface area contributed by atoms with Crippen LogP contribution in [0.15, 0.2) is 167 Å². The van der Waals surface area contributed by atoms with Gasteiger partial charge in [-0.3, -0.25) is 0 Å². The minimum absolute atomic E-state index is 0.462. The van der Waals surface area contributed by atoms with Crippen molar-refractivity contribution in [2.45, 2.75) is 5.41 Å². The number of fused-ring (bicyclic) bond motifs is 9. The van der Waals surface area contributed by atoms with E-state index in [1.165, 1.54) is 33.4 Å². The van der Waals surface area contributed by atoms with Crippen LogP contribution in [0.5, 0.6) is 0 Å². The molecule has 0 spiro atoms. The van der Waals surface area contributed by atoms with Gasteiger partial charge in [0.05, 0.1) is 5.41 Å². The highest BCUT2D eigenvalue weighted by atomic mass is 16.3. The highest BCUT2D eigenvalue weighted by Gasteiger charge is 2.46. The van der Waals surface area contributed by atoms with E-state index < -0.39 is 5.41 Å². The first-order valence-electron chi connectivity index (χ1n) is 15.4. The topological polar surface area (TPSA) is 26.3 Å². The molecule has 10 rings (SSSR count). The summed E-state index contributed by atoms with van der Waals surface area (Å²) in [7, 11) is 0. The minimum Gasteiger partial charge on any atom is -0.456 e. The molecule has 0 saturated carbocycles. The van der Waals surface area contributed by atoms with Crippen molar-refractivity contribution in [2.75, 3.05) is 0 Å². The molecule has 2 aromatic heterocycles. The molecule has 0 bridgehead atoms. The molecule has 9 aromatic rings. The average Bonchev–Trinajstić information content (AvgIpc) is 3.75. The van der Waals surface area contributed by atoms with Gasteiger partial charge in [-0.2, -0.15) is 0 Å². The van der Waals surface area contributed by atoms with E-state index in [0.29, 0.717) is 0 Å². The maximum Gasteiger partial charge on any atom is 0.143 e. The lowest BCUT2D eigenvalue weighted by atomic mass is 9.67. The molecule has 0 radical (unpaired) electrons. The molecule has 1 aliphatic carbocycles. The van der Waals surface area contributed by atoms with Crippen LogP contribution in [0, 0.1) is 0 Å². The summed E-state index contributed by atoms with van der Waals surface area (Å²) in [5, 5.41) is 4.50. The molecule has 2 heterocycles. The van der Waals surface area contributed by atoms with Crippen molar-refractivity contribution >= 4 is 43.9 Å². The van der Waals surface area contributed by atoms with Gasteiger partial charge < -0.3 is 8.83 Å². The highest BCUT2D eigenvalue weighted by Crippen LogP contribution is 2.57. The van der Waals surface area contributed by atoms with Crippen molar-refractivity contribution in [2.24, 2.45) is 0 Å². The van der Waals surface area contributed by atoms with Crippen LogP contribution in [-0.4, -0.2) is 0 Å². The zero-order chi connectivity index (χ0) is 29.5. The second-order valence-corrected chi connectivity index (χ2v) is 12.0. The van der Waals surface area contributed by atoms with E-state index in [0.717, 1.165) is 55.0 Å². The lowest BCUT2D eigenvalue weighted by molar-refractivity contribution is 0.666. The van der Waals surface area contributed by atoms with Crippen LogP contribution in [0.3, 0.4) is 0 Å². The number of hydrogen-bond acceptors (Lipinski definition) is 2. The van der Waals surface area contributed by atoms with E-state index in [4.69, 9.17) is 8.83 Å². The van der Waals surface area contributed by atoms with Crippen molar-refractivity contribution in [3.63, 3.8) is 0 Å². The monoisotopic (exact) mass is 574 g/mol. The fourth-order valence-electron chi connectivity index (χ4n) is 7.85. The smallest absolute Gasteiger partial charge is 0.143 e. The first-order valence-corrected chi connectivity index (χ1v) is 15.4. The summed E-state index contributed by atoms with van der Waals surface area (Å²) in [5.41, 5.74) is 12.8. The Hall–Kier alpha value is -5.86. The van der Waals surface area contributed by atoms with Crippen LogP contribution in [-0.2, 0) is 5.41 Å². The van der Waals surface area contributed by atoms with Crippen LogP contribution in [0.2, 0.25) is 0 Å². The van der Waals surface area contributed by atoms with Gasteiger partial charge in [-0.25, -0.2) is 0 Å². The first-order chi connectivity index (χ1) is 22.3. The van der Waals surface area contributed by atoms with Crippen LogP contribution < -0.4 is 0 Å². The zero-order valence-electron chi connectivity index (χ0n) is 24.3. The summed E-state index contributed by atoms with van der Waals surface area (Å²) in [6.45, 7) is 0. The molecule has 0 saturated heterocycles. The number of para-hydroxylation sites is 2. The molecule has 45 heavy (non-hydrogen) atoms. The maximum atomic E-state index is 6.87. The average molecular weight is 575 g/mol. The highest BCUT2D eigenvalue weighted by molar-refractivity contribution is 6.13. The van der Waals surface area contributed by atoms with Gasteiger partial charge in [0.25, 0.3) is 0 Å². The number of benzene rings is 7. The van der Waals surface area contributed by atoms with Gasteiger partial charge in [-0.05, 0) is 69.3 Å². The van der Waals surface area contributed by atoms with Crippen LogP contribution in [0.4, 0.5) is 0 Å². The third kappa shape index (κ3) is 3.29. The minimum atomic E-state index is -0.462. The Morgan fingerprint density at radius 3 is 1.82 bits per heavy atom. The normalized spacial score (nSPS) is 13.5. The second-order valence-electron chi connectivity index (χ2n) is 12.0. The van der Waals surface area contributed by atoms with E-state index in [9.17, 15) is 0 Å². The molecule has 1 aliphatic rings. The summed E-state index contributed by atoms with van der Waals surface area (Å²) in [6.07, 6.45) is 0. The molecular formula is C43H26O2. The summed E-state index contributed by atoms with van der Waals surface area (Å²) >= 11 is 0. The second kappa shape index (κ2) is 9.07. The van der Waals surface area contributed by atoms with E-state index in [2.05, 4.69) is 146 Å². The lowest BCUT2D eigenvalue weighted by Crippen LogP contribution is -2.28. The van der Waals surface area contributed by atoms with Crippen molar-refractivity contribution in [1.29, 1.82) is 0 Å². The third-order valence-electron chi connectivity index (χ3n) is 9.77. The Kier molecular flexibility index (Phi) is 4.95. The van der Waals surface area contributed by atoms with E-state index in [1.54, 1.807) is 0 Å². The van der Waals surface area contributed by atoms with E-state index in [1.807, 2.05) is 12.1 Å². The number of hydrogen-bond donors (Lipinski definition) is 0. The van der Waals surface area contributed by atoms with Gasteiger partial charge in [0.15, 0.2) is 0 Å². The molecule has 0 N–H and O–H groups in total. The van der Waals surface area contributed by atoms with Crippen LogP contribution in [0.1, 0.15) is 22.3 Å². The number of furan rings is 2. The van der Waals surface area contributed by atoms with Gasteiger partial charge >= 0.3 is 0 Å². The maximum absolute atomic E-state index is 6.87. The van der Waals surface area contributed by atoms with Gasteiger partial charge in [0, 0.05) is 27.1 Å². The van der Waals surface area contributed by atoms with Crippen molar-refractivity contribution in [3.05, 3.63) is 180 Å². The number of rotatable bonds is 3. The lowest BCUT2D eigenvalue weighted by Gasteiger charge is -2.33. The fraction of sp³-hybridized carbons (Fsp3) is 0.0233. The zero-order valence-corrected chi connectivity index (χ0v) is 24.3. The molecule has 2 heteroatoms. The van der Waals surface area contributed by atoms with Crippen LogP contribution >= 0.6 is 0 Å². The van der Waals surface area contributed by atoms with Crippen molar-refractivity contribution < 1.29 is 8.83 Å². The molecule has 0 unspecified atom stereocenters.